The van der Waals surface area contributed by atoms with E-state index in [0.717, 1.165) is 33.1 Å². The predicted molar refractivity (Wildman–Crippen MR) is 188 cm³/mol. The Labute approximate surface area is 260 Å². The summed E-state index contributed by atoms with van der Waals surface area (Å²) in [7, 11) is 0. The van der Waals surface area contributed by atoms with Gasteiger partial charge in [0.25, 0.3) is 0 Å². The number of benzene rings is 7. The van der Waals surface area contributed by atoms with Crippen molar-refractivity contribution in [2.75, 3.05) is 0 Å². The third kappa shape index (κ3) is 4.15. The van der Waals surface area contributed by atoms with Crippen LogP contribution in [0.3, 0.4) is 0 Å². The average molecular weight is 574 g/mol. The van der Waals surface area contributed by atoms with Gasteiger partial charge in [-0.3, -0.25) is 4.98 Å². The number of rotatable bonds is 4. The molecule has 0 amide bonds. The first-order valence-electron chi connectivity index (χ1n) is 15.3. The van der Waals surface area contributed by atoms with Gasteiger partial charge in [-0.2, -0.15) is 0 Å². The van der Waals surface area contributed by atoms with Crippen molar-refractivity contribution in [3.05, 3.63) is 164 Å². The van der Waals surface area contributed by atoms with E-state index in [9.17, 15) is 0 Å². The molecular formula is C43H27NO. The van der Waals surface area contributed by atoms with Crippen LogP contribution in [-0.4, -0.2) is 4.98 Å². The van der Waals surface area contributed by atoms with Crippen LogP contribution in [0, 0.1) is 0 Å². The molecule has 0 saturated heterocycles. The second kappa shape index (κ2) is 10.3. The van der Waals surface area contributed by atoms with E-state index in [-0.39, 0.29) is 0 Å². The molecule has 0 spiro atoms. The van der Waals surface area contributed by atoms with Crippen LogP contribution in [0.2, 0.25) is 0 Å². The summed E-state index contributed by atoms with van der Waals surface area (Å²) in [4.78, 5) is 4.17. The van der Waals surface area contributed by atoms with Crippen molar-refractivity contribution >= 4 is 43.5 Å². The Kier molecular flexibility index (Phi) is 5.85. The minimum Gasteiger partial charge on any atom is -0.455 e. The SMILES string of the molecule is c1ccc2c(c1)oc1c(-c3ccc(-c4c5ccccc5c(-c5ccc(-c6ccncc6)cc5)c5ccccc45)cc3)cccc12. The summed E-state index contributed by atoms with van der Waals surface area (Å²) in [6.45, 7) is 0. The number of aromatic nitrogens is 1. The van der Waals surface area contributed by atoms with Crippen LogP contribution >= 0.6 is 0 Å². The molecule has 210 valence electrons. The highest BCUT2D eigenvalue weighted by Crippen LogP contribution is 2.44. The van der Waals surface area contributed by atoms with Gasteiger partial charge in [-0.05, 0) is 78.7 Å². The average Bonchev–Trinajstić information content (AvgIpc) is 3.50. The van der Waals surface area contributed by atoms with E-state index < -0.39 is 0 Å². The largest absolute Gasteiger partial charge is 0.455 e. The Balaban J connectivity index is 1.20. The molecule has 0 aliphatic carbocycles. The number of nitrogens with zero attached hydrogens (tertiary/aromatic N) is 1. The summed E-state index contributed by atoms with van der Waals surface area (Å²) in [6.07, 6.45) is 3.68. The molecule has 0 aliphatic heterocycles. The smallest absolute Gasteiger partial charge is 0.143 e. The Morgan fingerprint density at radius 1 is 0.333 bits per heavy atom. The molecule has 45 heavy (non-hydrogen) atoms. The normalized spacial score (nSPS) is 11.6. The topological polar surface area (TPSA) is 26.0 Å². The third-order valence-corrected chi connectivity index (χ3v) is 9.01. The molecular weight excluding hydrogens is 546 g/mol. The third-order valence-electron chi connectivity index (χ3n) is 9.01. The van der Waals surface area contributed by atoms with Crippen LogP contribution < -0.4 is 0 Å². The molecule has 0 N–H and O–H groups in total. The molecule has 2 aromatic heterocycles. The van der Waals surface area contributed by atoms with Crippen LogP contribution in [0.25, 0.3) is 88.0 Å². The summed E-state index contributed by atoms with van der Waals surface area (Å²) in [5, 5.41) is 7.29. The number of pyridine rings is 1. The van der Waals surface area contributed by atoms with Gasteiger partial charge in [0.15, 0.2) is 0 Å². The lowest BCUT2D eigenvalue weighted by molar-refractivity contribution is 0.670. The van der Waals surface area contributed by atoms with Gasteiger partial charge < -0.3 is 4.42 Å². The molecule has 2 heteroatoms. The highest BCUT2D eigenvalue weighted by Gasteiger charge is 2.17. The quantitative estimate of drug-likeness (QED) is 0.196. The first-order valence-corrected chi connectivity index (χ1v) is 15.3. The maximum absolute atomic E-state index is 6.35. The van der Waals surface area contributed by atoms with E-state index in [1.54, 1.807) is 0 Å². The number of fused-ring (bicyclic) bond motifs is 5. The zero-order valence-corrected chi connectivity index (χ0v) is 24.4. The van der Waals surface area contributed by atoms with E-state index in [2.05, 4.69) is 145 Å². The highest BCUT2D eigenvalue weighted by molar-refractivity contribution is 6.21. The first-order chi connectivity index (χ1) is 22.3. The molecule has 9 aromatic rings. The van der Waals surface area contributed by atoms with Crippen molar-refractivity contribution in [3.8, 4) is 44.5 Å². The fourth-order valence-corrected chi connectivity index (χ4v) is 6.92. The Morgan fingerprint density at radius 3 is 1.36 bits per heavy atom. The lowest BCUT2D eigenvalue weighted by atomic mass is 9.85. The van der Waals surface area contributed by atoms with E-state index in [1.165, 1.54) is 54.9 Å². The molecule has 0 fully saturated rings. The van der Waals surface area contributed by atoms with Crippen LogP contribution in [0.15, 0.2) is 168 Å². The zero-order chi connectivity index (χ0) is 29.7. The second-order valence-corrected chi connectivity index (χ2v) is 11.5. The van der Waals surface area contributed by atoms with Gasteiger partial charge in [0.1, 0.15) is 11.2 Å². The summed E-state index contributed by atoms with van der Waals surface area (Å²) < 4.78 is 6.35. The Hall–Kier alpha value is -5.99. The minimum atomic E-state index is 0.918. The minimum absolute atomic E-state index is 0.918. The van der Waals surface area contributed by atoms with Gasteiger partial charge in [-0.1, -0.05) is 133 Å². The molecule has 0 aliphatic rings. The van der Waals surface area contributed by atoms with Crippen molar-refractivity contribution in [2.45, 2.75) is 0 Å². The molecule has 2 nitrogen and oxygen atoms in total. The van der Waals surface area contributed by atoms with E-state index >= 15 is 0 Å². The van der Waals surface area contributed by atoms with E-state index in [4.69, 9.17) is 4.42 Å². The fourth-order valence-electron chi connectivity index (χ4n) is 6.92. The molecule has 7 aromatic carbocycles. The molecule has 0 radical (unpaired) electrons. The van der Waals surface area contributed by atoms with Gasteiger partial charge in [-0.25, -0.2) is 0 Å². The van der Waals surface area contributed by atoms with Gasteiger partial charge in [0.2, 0.25) is 0 Å². The molecule has 0 bridgehead atoms. The first kappa shape index (κ1) is 25.5. The molecule has 9 rings (SSSR count). The molecule has 0 atom stereocenters. The van der Waals surface area contributed by atoms with Crippen molar-refractivity contribution in [1.29, 1.82) is 0 Å². The number of hydrogen-bond donors (Lipinski definition) is 0. The monoisotopic (exact) mass is 573 g/mol. The molecule has 0 unspecified atom stereocenters. The maximum Gasteiger partial charge on any atom is 0.143 e. The summed E-state index contributed by atoms with van der Waals surface area (Å²) in [6, 6.07) is 54.3. The van der Waals surface area contributed by atoms with Crippen molar-refractivity contribution < 1.29 is 4.42 Å². The van der Waals surface area contributed by atoms with Crippen LogP contribution in [0.1, 0.15) is 0 Å². The van der Waals surface area contributed by atoms with Gasteiger partial charge >= 0.3 is 0 Å². The van der Waals surface area contributed by atoms with Gasteiger partial charge in [0.05, 0.1) is 0 Å². The predicted octanol–water partition coefficient (Wildman–Crippen LogP) is 12.0. The van der Waals surface area contributed by atoms with Crippen LogP contribution in [-0.2, 0) is 0 Å². The van der Waals surface area contributed by atoms with E-state index in [1.807, 2.05) is 24.5 Å². The molecule has 2 heterocycles. The highest BCUT2D eigenvalue weighted by atomic mass is 16.3. The van der Waals surface area contributed by atoms with Crippen LogP contribution in [0.5, 0.6) is 0 Å². The number of hydrogen-bond acceptors (Lipinski definition) is 2. The number of para-hydroxylation sites is 2. The van der Waals surface area contributed by atoms with Gasteiger partial charge in [0, 0.05) is 28.7 Å². The summed E-state index contributed by atoms with van der Waals surface area (Å²) in [5.74, 6) is 0. The fraction of sp³-hybridized carbons (Fsp3) is 0. The Morgan fingerprint density at radius 2 is 0.778 bits per heavy atom. The second-order valence-electron chi connectivity index (χ2n) is 11.5. The lowest BCUT2D eigenvalue weighted by Crippen LogP contribution is -1.91. The zero-order valence-electron chi connectivity index (χ0n) is 24.4. The number of furan rings is 1. The lowest BCUT2D eigenvalue weighted by Gasteiger charge is -2.18. The van der Waals surface area contributed by atoms with Gasteiger partial charge in [-0.15, -0.1) is 0 Å². The van der Waals surface area contributed by atoms with Crippen molar-refractivity contribution in [2.24, 2.45) is 0 Å². The van der Waals surface area contributed by atoms with Crippen molar-refractivity contribution in [3.63, 3.8) is 0 Å². The molecule has 0 saturated carbocycles. The summed E-state index contributed by atoms with van der Waals surface area (Å²) in [5.41, 5.74) is 11.4. The van der Waals surface area contributed by atoms with Crippen molar-refractivity contribution in [1.82, 2.24) is 4.98 Å². The maximum atomic E-state index is 6.35. The van der Waals surface area contributed by atoms with Crippen LogP contribution in [0.4, 0.5) is 0 Å². The Bertz CT molecular complexity index is 2450. The van der Waals surface area contributed by atoms with E-state index in [0.29, 0.717) is 0 Å². The summed E-state index contributed by atoms with van der Waals surface area (Å²) >= 11 is 0. The standard InChI is InChI=1S/C43H27NO/c1-3-11-37-35(9-1)41(31-20-16-28(17-21-31)29-24-26-44-27-25-29)36-10-2-4-12-38(36)42(37)32-22-18-30(19-23-32)33-13-7-14-39-34-8-5-6-15-40(34)45-43(33)39/h1-27H.